The molecule has 0 bridgehead atoms. The van der Waals surface area contributed by atoms with Crippen LogP contribution in [0.15, 0.2) is 83.8 Å². The van der Waals surface area contributed by atoms with E-state index in [2.05, 4.69) is 36.4 Å². The van der Waals surface area contributed by atoms with Gasteiger partial charge in [0.05, 0.1) is 6.61 Å². The van der Waals surface area contributed by atoms with E-state index in [-0.39, 0.29) is 0 Å². The molecule has 1 saturated heterocycles. The normalized spacial score (nSPS) is 17.0. The lowest BCUT2D eigenvalue weighted by atomic mass is 9.98. The van der Waals surface area contributed by atoms with E-state index in [1.807, 2.05) is 42.5 Å². The Bertz CT molecular complexity index is 1160. The van der Waals surface area contributed by atoms with Crippen molar-refractivity contribution in [3.05, 3.63) is 84.4 Å². The van der Waals surface area contributed by atoms with Gasteiger partial charge in [-0.1, -0.05) is 66.0 Å². The number of primary amides is 1. The lowest BCUT2D eigenvalue weighted by Gasteiger charge is -2.38. The number of hydrogen-bond acceptors (Lipinski definition) is 5. The van der Waals surface area contributed by atoms with Crippen molar-refractivity contribution in [2.24, 2.45) is 5.73 Å². The molecular formula is C27H30NO4PS. The Morgan fingerprint density at radius 1 is 1.00 bits per heavy atom. The number of hydrogen-bond donors (Lipinski definition) is 1. The van der Waals surface area contributed by atoms with Crippen LogP contribution in [0.3, 0.4) is 0 Å². The van der Waals surface area contributed by atoms with Crippen LogP contribution in [0.1, 0.15) is 18.4 Å². The van der Waals surface area contributed by atoms with Crippen LogP contribution >= 0.6 is 17.7 Å². The third kappa shape index (κ3) is 5.57. The summed E-state index contributed by atoms with van der Waals surface area (Å²) in [6.07, 6.45) is -1.37. The maximum atomic E-state index is 13.6. The molecule has 4 rings (SSSR count). The SMILES string of the molecule is CP(=O)(Sc1ccc(OCCc2cccc(-c3ccccc3)c2)cc1)C1(C(N)=O)CCOCC1. The molecular weight excluding hydrogens is 465 g/mol. The van der Waals surface area contributed by atoms with Crippen LogP contribution < -0.4 is 10.5 Å². The number of carbonyl (C=O) groups is 1. The summed E-state index contributed by atoms with van der Waals surface area (Å²) in [6, 6.07) is 26.4. The van der Waals surface area contributed by atoms with Crippen LogP contribution in [0.4, 0.5) is 0 Å². The van der Waals surface area contributed by atoms with Gasteiger partial charge in [0.15, 0.2) is 6.34 Å². The average molecular weight is 496 g/mol. The molecule has 0 aliphatic carbocycles. The molecule has 34 heavy (non-hydrogen) atoms. The first-order valence-corrected chi connectivity index (χ1v) is 15.0. The molecule has 1 atom stereocenters. The molecule has 0 aromatic heterocycles. The maximum Gasteiger partial charge on any atom is 0.232 e. The van der Waals surface area contributed by atoms with Crippen LogP contribution in [0, 0.1) is 0 Å². The minimum atomic E-state index is -2.96. The summed E-state index contributed by atoms with van der Waals surface area (Å²) in [6.45, 7) is 3.04. The van der Waals surface area contributed by atoms with Gasteiger partial charge in [-0.25, -0.2) is 0 Å². The first-order chi connectivity index (χ1) is 16.4. The van der Waals surface area contributed by atoms with Crippen molar-refractivity contribution >= 4 is 23.6 Å². The molecule has 1 amide bonds. The predicted molar refractivity (Wildman–Crippen MR) is 139 cm³/mol. The van der Waals surface area contributed by atoms with Crippen molar-refractivity contribution in [3.63, 3.8) is 0 Å². The third-order valence-corrected chi connectivity index (χ3v) is 12.1. The van der Waals surface area contributed by atoms with Gasteiger partial charge in [-0.3, -0.25) is 4.79 Å². The number of ether oxygens (including phenoxy) is 2. The summed E-state index contributed by atoms with van der Waals surface area (Å²) in [5.74, 6) is 0.260. The molecule has 3 aromatic carbocycles. The Kier molecular flexibility index (Phi) is 7.82. The summed E-state index contributed by atoms with van der Waals surface area (Å²) in [5.41, 5.74) is 9.32. The van der Waals surface area contributed by atoms with Crippen molar-refractivity contribution in [2.75, 3.05) is 26.5 Å². The first kappa shape index (κ1) is 24.6. The Morgan fingerprint density at radius 3 is 2.35 bits per heavy atom. The molecule has 1 aliphatic rings. The Balaban J connectivity index is 1.35. The number of amides is 1. The largest absolute Gasteiger partial charge is 0.493 e. The topological polar surface area (TPSA) is 78.6 Å². The second-order valence-corrected chi connectivity index (χ2v) is 14.4. The van der Waals surface area contributed by atoms with E-state index in [1.165, 1.54) is 28.1 Å². The molecule has 1 heterocycles. The van der Waals surface area contributed by atoms with Gasteiger partial charge in [0.25, 0.3) is 0 Å². The fraction of sp³-hybridized carbons (Fsp3) is 0.296. The van der Waals surface area contributed by atoms with E-state index in [4.69, 9.17) is 15.2 Å². The number of nitrogens with two attached hydrogens (primary N) is 1. The number of carbonyl (C=O) groups excluding carboxylic acids is 1. The lowest BCUT2D eigenvalue weighted by Crippen LogP contribution is -2.47. The van der Waals surface area contributed by atoms with Crippen LogP contribution in [0.25, 0.3) is 11.1 Å². The summed E-state index contributed by atoms with van der Waals surface area (Å²) >= 11 is 1.25. The van der Waals surface area contributed by atoms with Crippen molar-refractivity contribution in [3.8, 4) is 16.9 Å². The quantitative estimate of drug-likeness (QED) is 0.368. The summed E-state index contributed by atoms with van der Waals surface area (Å²) in [7, 11) is 0. The standard InChI is InChI=1S/C27H30NO4PS/c1-33(30,27(26(28)29)15-18-31-19-16-27)34-25-12-10-24(11-13-25)32-17-14-21-6-5-9-23(20-21)22-7-3-2-4-8-22/h2-13,20H,14-19H2,1H3,(H2,28,29). The average Bonchev–Trinajstić information content (AvgIpc) is 2.86. The highest BCUT2D eigenvalue weighted by molar-refractivity contribution is 8.58. The molecule has 178 valence electrons. The van der Waals surface area contributed by atoms with Crippen LogP contribution in [-0.2, 0) is 20.5 Å². The Labute approximate surface area is 205 Å². The molecule has 0 radical (unpaired) electrons. The van der Waals surface area contributed by atoms with Crippen LogP contribution in [-0.4, -0.2) is 37.5 Å². The minimum Gasteiger partial charge on any atom is -0.493 e. The number of benzene rings is 3. The fourth-order valence-electron chi connectivity index (χ4n) is 4.27. The summed E-state index contributed by atoms with van der Waals surface area (Å²) < 4.78 is 24.9. The van der Waals surface area contributed by atoms with Gasteiger partial charge in [0.1, 0.15) is 10.9 Å². The highest BCUT2D eigenvalue weighted by Gasteiger charge is 2.51. The Morgan fingerprint density at radius 2 is 1.68 bits per heavy atom. The first-order valence-electron chi connectivity index (χ1n) is 11.4. The highest BCUT2D eigenvalue weighted by atomic mass is 32.7. The third-order valence-electron chi connectivity index (χ3n) is 6.35. The van der Waals surface area contributed by atoms with Gasteiger partial charge >= 0.3 is 0 Å². The van der Waals surface area contributed by atoms with Gasteiger partial charge < -0.3 is 19.8 Å². The molecule has 0 saturated carbocycles. The molecule has 1 unspecified atom stereocenters. The minimum absolute atomic E-state index is 0.399. The van der Waals surface area contributed by atoms with Crippen molar-refractivity contribution in [1.82, 2.24) is 0 Å². The van der Waals surface area contributed by atoms with Gasteiger partial charge in [-0.2, -0.15) is 0 Å². The Hall–Kier alpha value is -2.53. The van der Waals surface area contributed by atoms with Crippen LogP contribution in [0.2, 0.25) is 0 Å². The zero-order valence-electron chi connectivity index (χ0n) is 19.3. The molecule has 2 N–H and O–H groups in total. The second kappa shape index (κ2) is 10.8. The molecule has 0 spiro atoms. The number of rotatable bonds is 9. The smallest absolute Gasteiger partial charge is 0.232 e. The van der Waals surface area contributed by atoms with E-state index in [1.54, 1.807) is 6.66 Å². The summed E-state index contributed by atoms with van der Waals surface area (Å²) in [5, 5.41) is -1.01. The molecule has 5 nitrogen and oxygen atoms in total. The van der Waals surface area contributed by atoms with E-state index in [0.29, 0.717) is 32.7 Å². The van der Waals surface area contributed by atoms with Crippen molar-refractivity contribution < 1.29 is 18.8 Å². The maximum absolute atomic E-state index is 13.6. The highest BCUT2D eigenvalue weighted by Crippen LogP contribution is 2.70. The predicted octanol–water partition coefficient (Wildman–Crippen LogP) is 6.01. The van der Waals surface area contributed by atoms with Gasteiger partial charge in [-0.05, 0) is 60.5 Å². The molecule has 1 aliphatic heterocycles. The van der Waals surface area contributed by atoms with E-state index in [0.717, 1.165) is 17.1 Å². The van der Waals surface area contributed by atoms with E-state index < -0.39 is 17.4 Å². The van der Waals surface area contributed by atoms with Gasteiger partial charge in [0, 0.05) is 24.5 Å². The monoisotopic (exact) mass is 495 g/mol. The summed E-state index contributed by atoms with van der Waals surface area (Å²) in [4.78, 5) is 13.1. The van der Waals surface area contributed by atoms with E-state index in [9.17, 15) is 9.36 Å². The lowest BCUT2D eigenvalue weighted by molar-refractivity contribution is -0.122. The second-order valence-electron chi connectivity index (χ2n) is 8.58. The van der Waals surface area contributed by atoms with Gasteiger partial charge in [0.2, 0.25) is 5.91 Å². The zero-order chi connectivity index (χ0) is 24.0. The van der Waals surface area contributed by atoms with Crippen molar-refractivity contribution in [2.45, 2.75) is 29.3 Å². The van der Waals surface area contributed by atoms with Gasteiger partial charge in [-0.15, -0.1) is 0 Å². The van der Waals surface area contributed by atoms with Crippen LogP contribution in [0.5, 0.6) is 5.75 Å². The molecule has 7 heteroatoms. The zero-order valence-corrected chi connectivity index (χ0v) is 21.0. The molecule has 3 aromatic rings. The van der Waals surface area contributed by atoms with E-state index >= 15 is 0 Å². The fourth-order valence-corrected chi connectivity index (χ4v) is 9.41. The van der Waals surface area contributed by atoms with Crippen molar-refractivity contribution in [1.29, 1.82) is 0 Å². The molecule has 1 fully saturated rings.